The summed E-state index contributed by atoms with van der Waals surface area (Å²) in [7, 11) is 1.66. The van der Waals surface area contributed by atoms with Crippen molar-refractivity contribution >= 4 is 34.4 Å². The Morgan fingerprint density at radius 3 is 2.71 bits per heavy atom. The lowest BCUT2D eigenvalue weighted by Gasteiger charge is -2.22. The first kappa shape index (κ1) is 14.0. The number of nitrogens with zero attached hydrogens (tertiary/aromatic N) is 2. The first-order chi connectivity index (χ1) is 10.2. The Balaban J connectivity index is 1.90. The second kappa shape index (κ2) is 5.83. The molecule has 108 valence electrons. The molecule has 1 aliphatic heterocycles. The molecular weight excluding hydrogens is 302 g/mol. The van der Waals surface area contributed by atoms with Crippen LogP contribution in [-0.2, 0) is 0 Å². The molecule has 1 aromatic carbocycles. The van der Waals surface area contributed by atoms with Crippen molar-refractivity contribution < 1.29 is 4.74 Å². The van der Waals surface area contributed by atoms with Crippen LogP contribution in [-0.4, -0.2) is 22.9 Å². The largest absolute Gasteiger partial charge is 0.497 e. The molecule has 0 spiro atoms. The summed E-state index contributed by atoms with van der Waals surface area (Å²) < 4.78 is 5.20. The summed E-state index contributed by atoms with van der Waals surface area (Å²) in [5, 5.41) is 8.66. The summed E-state index contributed by atoms with van der Waals surface area (Å²) in [6.07, 6.45) is 0.796. The molecule has 1 aliphatic rings. The van der Waals surface area contributed by atoms with E-state index in [0.717, 1.165) is 28.3 Å². The van der Waals surface area contributed by atoms with Gasteiger partial charge in [-0.05, 0) is 41.4 Å². The van der Waals surface area contributed by atoms with Gasteiger partial charge in [-0.2, -0.15) is 5.10 Å². The second-order valence-electron chi connectivity index (χ2n) is 4.70. The molecule has 0 radical (unpaired) electrons. The van der Waals surface area contributed by atoms with E-state index in [1.54, 1.807) is 23.5 Å². The molecule has 4 nitrogen and oxygen atoms in total. The molecule has 2 N–H and O–H groups in total. The SMILES string of the molecule is COc1ccc([C@@H]2CC(c3cccs3)=NN2C(N)=S)cc1. The molecule has 6 heteroatoms. The topological polar surface area (TPSA) is 50.8 Å². The smallest absolute Gasteiger partial charge is 0.187 e. The van der Waals surface area contributed by atoms with Gasteiger partial charge in [0.05, 0.1) is 23.7 Å². The van der Waals surface area contributed by atoms with Gasteiger partial charge in [-0.1, -0.05) is 18.2 Å². The van der Waals surface area contributed by atoms with Gasteiger partial charge in [0.15, 0.2) is 5.11 Å². The highest BCUT2D eigenvalue weighted by Gasteiger charge is 2.30. The molecule has 0 amide bonds. The van der Waals surface area contributed by atoms with Crippen LogP contribution in [0.15, 0.2) is 46.9 Å². The van der Waals surface area contributed by atoms with E-state index in [1.807, 2.05) is 35.7 Å². The molecule has 0 unspecified atom stereocenters. The molecular formula is C15H15N3OS2. The molecule has 2 heterocycles. The number of rotatable bonds is 3. The van der Waals surface area contributed by atoms with Crippen LogP contribution in [0.5, 0.6) is 5.75 Å². The number of methoxy groups -OCH3 is 1. The highest BCUT2D eigenvalue weighted by Crippen LogP contribution is 2.34. The molecule has 0 saturated carbocycles. The zero-order chi connectivity index (χ0) is 14.8. The van der Waals surface area contributed by atoms with Gasteiger partial charge in [-0.15, -0.1) is 11.3 Å². The summed E-state index contributed by atoms with van der Waals surface area (Å²) in [5.74, 6) is 0.832. The fourth-order valence-corrected chi connectivity index (χ4v) is 3.28. The van der Waals surface area contributed by atoms with Crippen LogP contribution in [0.2, 0.25) is 0 Å². The standard InChI is InChI=1S/C15H15N3OS2/c1-19-11-6-4-10(5-7-11)13-9-12(14-3-2-8-21-14)17-18(13)15(16)20/h2-8,13H,9H2,1H3,(H2,16,20)/t13-/m0/s1. The molecule has 1 atom stereocenters. The van der Waals surface area contributed by atoms with Gasteiger partial charge in [-0.25, -0.2) is 5.01 Å². The predicted octanol–water partition coefficient (Wildman–Crippen LogP) is 3.15. The van der Waals surface area contributed by atoms with E-state index >= 15 is 0 Å². The maximum atomic E-state index is 5.83. The van der Waals surface area contributed by atoms with E-state index in [9.17, 15) is 0 Å². The van der Waals surface area contributed by atoms with Crippen molar-refractivity contribution in [3.05, 3.63) is 52.2 Å². The molecule has 0 saturated heterocycles. The molecule has 2 aromatic rings. The lowest BCUT2D eigenvalue weighted by atomic mass is 10.0. The normalized spacial score (nSPS) is 17.7. The Hall–Kier alpha value is -1.92. The minimum atomic E-state index is 0.0468. The fourth-order valence-electron chi connectivity index (χ4n) is 2.39. The zero-order valence-electron chi connectivity index (χ0n) is 11.5. The van der Waals surface area contributed by atoms with Gasteiger partial charge in [0.25, 0.3) is 0 Å². The predicted molar refractivity (Wildman–Crippen MR) is 89.8 cm³/mol. The first-order valence-electron chi connectivity index (χ1n) is 6.53. The molecule has 0 aliphatic carbocycles. The number of hydrogen-bond acceptors (Lipinski definition) is 4. The molecule has 0 fully saturated rings. The van der Waals surface area contributed by atoms with E-state index in [4.69, 9.17) is 22.7 Å². The Morgan fingerprint density at radius 2 is 2.14 bits per heavy atom. The van der Waals surface area contributed by atoms with Gasteiger partial charge in [0.2, 0.25) is 0 Å². The van der Waals surface area contributed by atoms with Gasteiger partial charge >= 0.3 is 0 Å². The van der Waals surface area contributed by atoms with Gasteiger partial charge < -0.3 is 10.5 Å². The van der Waals surface area contributed by atoms with E-state index in [-0.39, 0.29) is 6.04 Å². The van der Waals surface area contributed by atoms with Gasteiger partial charge in [-0.3, -0.25) is 0 Å². The van der Waals surface area contributed by atoms with Gasteiger partial charge in [0.1, 0.15) is 5.75 Å². The van der Waals surface area contributed by atoms with Crippen LogP contribution < -0.4 is 10.5 Å². The average molecular weight is 317 g/mol. The van der Waals surface area contributed by atoms with Crippen molar-refractivity contribution in [2.45, 2.75) is 12.5 Å². The maximum Gasteiger partial charge on any atom is 0.187 e. The van der Waals surface area contributed by atoms with E-state index in [2.05, 4.69) is 11.2 Å². The van der Waals surface area contributed by atoms with Crippen molar-refractivity contribution in [1.82, 2.24) is 5.01 Å². The van der Waals surface area contributed by atoms with E-state index in [1.165, 1.54) is 0 Å². The molecule has 3 rings (SSSR count). The fraction of sp³-hybridized carbons (Fsp3) is 0.200. The van der Waals surface area contributed by atoms with Crippen LogP contribution in [0.1, 0.15) is 22.9 Å². The molecule has 21 heavy (non-hydrogen) atoms. The highest BCUT2D eigenvalue weighted by molar-refractivity contribution is 7.80. The molecule has 0 bridgehead atoms. The summed E-state index contributed by atoms with van der Waals surface area (Å²) in [4.78, 5) is 1.16. The highest BCUT2D eigenvalue weighted by atomic mass is 32.1. The third-order valence-electron chi connectivity index (χ3n) is 3.44. The van der Waals surface area contributed by atoms with Crippen molar-refractivity contribution in [3.8, 4) is 5.75 Å². The summed E-state index contributed by atoms with van der Waals surface area (Å²) >= 11 is 6.81. The number of ether oxygens (including phenoxy) is 1. The molecule has 1 aromatic heterocycles. The van der Waals surface area contributed by atoms with Crippen LogP contribution in [0, 0.1) is 0 Å². The Labute approximate surface area is 132 Å². The van der Waals surface area contributed by atoms with Crippen molar-refractivity contribution in [3.63, 3.8) is 0 Å². The number of benzene rings is 1. The van der Waals surface area contributed by atoms with Crippen LogP contribution in [0.4, 0.5) is 0 Å². The monoisotopic (exact) mass is 317 g/mol. The van der Waals surface area contributed by atoms with Crippen molar-refractivity contribution in [2.75, 3.05) is 7.11 Å². The van der Waals surface area contributed by atoms with Crippen LogP contribution in [0.3, 0.4) is 0 Å². The van der Waals surface area contributed by atoms with E-state index < -0.39 is 0 Å². The first-order valence-corrected chi connectivity index (χ1v) is 7.82. The number of hydrazone groups is 1. The summed E-state index contributed by atoms with van der Waals surface area (Å²) in [6.45, 7) is 0. The quantitative estimate of drug-likeness (QED) is 0.884. The van der Waals surface area contributed by atoms with E-state index in [0.29, 0.717) is 5.11 Å². The summed E-state index contributed by atoms with van der Waals surface area (Å²) in [6, 6.07) is 12.1. The third-order valence-corrected chi connectivity index (χ3v) is 4.55. The average Bonchev–Trinajstić information content (AvgIpc) is 3.16. The number of thiophene rings is 1. The van der Waals surface area contributed by atoms with Gasteiger partial charge in [0, 0.05) is 6.42 Å². The van der Waals surface area contributed by atoms with Crippen molar-refractivity contribution in [2.24, 2.45) is 10.8 Å². The zero-order valence-corrected chi connectivity index (χ0v) is 13.2. The van der Waals surface area contributed by atoms with Crippen LogP contribution in [0.25, 0.3) is 0 Å². The number of thiocarbonyl (C=S) groups is 1. The van der Waals surface area contributed by atoms with Crippen molar-refractivity contribution in [1.29, 1.82) is 0 Å². The minimum absolute atomic E-state index is 0.0468. The third kappa shape index (κ3) is 2.77. The lowest BCUT2D eigenvalue weighted by molar-refractivity contribution is 0.371. The van der Waals surface area contributed by atoms with Crippen LogP contribution >= 0.6 is 23.6 Å². The Kier molecular flexibility index (Phi) is 3.90. The summed E-state index contributed by atoms with van der Waals surface area (Å²) in [5.41, 5.74) is 7.98. The number of nitrogens with two attached hydrogens (primary N) is 1. The maximum absolute atomic E-state index is 5.83. The second-order valence-corrected chi connectivity index (χ2v) is 6.07. The number of hydrogen-bond donors (Lipinski definition) is 1. The lowest BCUT2D eigenvalue weighted by Crippen LogP contribution is -2.31. The minimum Gasteiger partial charge on any atom is -0.497 e. The Morgan fingerprint density at radius 1 is 1.38 bits per heavy atom. The Bertz CT molecular complexity index is 665.